The number of sulfonamides is 1. The molecule has 90 valence electrons. The molecule has 0 aliphatic carbocycles. The molecule has 17 heavy (non-hydrogen) atoms. The summed E-state index contributed by atoms with van der Waals surface area (Å²) in [6, 6.07) is 3.88. The highest BCUT2D eigenvalue weighted by Crippen LogP contribution is 2.26. The van der Waals surface area contributed by atoms with E-state index in [9.17, 15) is 12.8 Å². The van der Waals surface area contributed by atoms with E-state index in [1.807, 2.05) is 0 Å². The maximum absolute atomic E-state index is 13.4. The van der Waals surface area contributed by atoms with Crippen LogP contribution in [-0.4, -0.2) is 18.6 Å². The lowest BCUT2D eigenvalue weighted by Gasteiger charge is -2.08. The van der Waals surface area contributed by atoms with Crippen LogP contribution in [0.2, 0.25) is 5.02 Å². The molecule has 2 aromatic rings. The molecule has 2 N–H and O–H groups in total. The third-order valence-electron chi connectivity index (χ3n) is 1.98. The first-order chi connectivity index (χ1) is 8.00. The Kier molecular flexibility index (Phi) is 3.03. The molecule has 0 amide bonds. The summed E-state index contributed by atoms with van der Waals surface area (Å²) < 4.78 is 39.0. The highest BCUT2D eigenvalue weighted by molar-refractivity contribution is 7.92. The number of nitrogens with one attached hydrogen (secondary N) is 2. The van der Waals surface area contributed by atoms with Gasteiger partial charge in [0, 0.05) is 6.20 Å². The standard InChI is InChI=1S/C9H7ClFN3O2S/c10-7-2-1-3-8(11)9(7)14-17(15,16)6-4-12-13-5-6/h1-5,14H,(H,12,13). The van der Waals surface area contributed by atoms with Gasteiger partial charge in [-0.2, -0.15) is 5.10 Å². The third-order valence-corrected chi connectivity index (χ3v) is 3.61. The van der Waals surface area contributed by atoms with Gasteiger partial charge in [-0.25, -0.2) is 12.8 Å². The Morgan fingerprint density at radius 1 is 1.41 bits per heavy atom. The number of halogens is 2. The Labute approximate surface area is 102 Å². The summed E-state index contributed by atoms with van der Waals surface area (Å²) in [5.41, 5.74) is -0.282. The van der Waals surface area contributed by atoms with E-state index in [2.05, 4.69) is 14.9 Å². The molecule has 1 aromatic heterocycles. The van der Waals surface area contributed by atoms with Gasteiger partial charge in [0.1, 0.15) is 16.4 Å². The fourth-order valence-corrected chi connectivity index (χ4v) is 2.43. The number of hydrogen-bond acceptors (Lipinski definition) is 3. The summed E-state index contributed by atoms with van der Waals surface area (Å²) >= 11 is 5.71. The topological polar surface area (TPSA) is 74.8 Å². The summed E-state index contributed by atoms with van der Waals surface area (Å²) in [7, 11) is -3.88. The van der Waals surface area contributed by atoms with Crippen molar-refractivity contribution in [3.63, 3.8) is 0 Å². The number of aromatic nitrogens is 2. The van der Waals surface area contributed by atoms with Crippen LogP contribution in [0.15, 0.2) is 35.5 Å². The summed E-state index contributed by atoms with van der Waals surface area (Å²) in [5.74, 6) is -0.746. The average molecular weight is 276 g/mol. The van der Waals surface area contributed by atoms with Crippen molar-refractivity contribution in [3.05, 3.63) is 41.4 Å². The number of rotatable bonds is 3. The van der Waals surface area contributed by atoms with Crippen LogP contribution in [0.4, 0.5) is 10.1 Å². The smallest absolute Gasteiger partial charge is 0.265 e. The molecule has 0 atom stereocenters. The van der Waals surface area contributed by atoms with E-state index in [4.69, 9.17) is 11.6 Å². The highest BCUT2D eigenvalue weighted by atomic mass is 35.5. The van der Waals surface area contributed by atoms with Gasteiger partial charge in [-0.15, -0.1) is 0 Å². The SMILES string of the molecule is O=S(=O)(Nc1c(F)cccc1Cl)c1cn[nH]c1. The average Bonchev–Trinajstić information content (AvgIpc) is 2.77. The van der Waals surface area contributed by atoms with Crippen molar-refractivity contribution >= 4 is 27.3 Å². The van der Waals surface area contributed by atoms with Crippen LogP contribution in [0.5, 0.6) is 0 Å². The molecule has 0 aliphatic rings. The van der Waals surface area contributed by atoms with Crippen molar-refractivity contribution in [2.75, 3.05) is 4.72 Å². The van der Waals surface area contributed by atoms with E-state index < -0.39 is 15.8 Å². The van der Waals surface area contributed by atoms with Crippen LogP contribution in [0, 0.1) is 5.82 Å². The zero-order valence-corrected chi connectivity index (χ0v) is 9.89. The van der Waals surface area contributed by atoms with Crippen molar-refractivity contribution in [1.29, 1.82) is 0 Å². The van der Waals surface area contributed by atoms with Gasteiger partial charge in [-0.1, -0.05) is 17.7 Å². The Hall–Kier alpha value is -1.60. The van der Waals surface area contributed by atoms with E-state index in [-0.39, 0.29) is 15.6 Å². The molecule has 0 unspecified atom stereocenters. The predicted octanol–water partition coefficient (Wildman–Crippen LogP) is 2.00. The van der Waals surface area contributed by atoms with E-state index in [1.54, 1.807) is 0 Å². The molecule has 0 aliphatic heterocycles. The summed E-state index contributed by atoms with van der Waals surface area (Å²) in [5, 5.41) is 5.84. The zero-order valence-electron chi connectivity index (χ0n) is 8.31. The highest BCUT2D eigenvalue weighted by Gasteiger charge is 2.18. The Balaban J connectivity index is 2.40. The van der Waals surface area contributed by atoms with Crippen molar-refractivity contribution < 1.29 is 12.8 Å². The quantitative estimate of drug-likeness (QED) is 0.900. The first-order valence-corrected chi connectivity index (χ1v) is 6.32. The lowest BCUT2D eigenvalue weighted by Crippen LogP contribution is -2.13. The van der Waals surface area contributed by atoms with E-state index in [0.29, 0.717) is 0 Å². The fourth-order valence-electron chi connectivity index (χ4n) is 1.17. The maximum atomic E-state index is 13.4. The zero-order chi connectivity index (χ0) is 12.5. The van der Waals surface area contributed by atoms with Crippen molar-refractivity contribution in [2.24, 2.45) is 0 Å². The van der Waals surface area contributed by atoms with Crippen molar-refractivity contribution in [3.8, 4) is 0 Å². The molecule has 1 aromatic carbocycles. The largest absolute Gasteiger partial charge is 0.284 e. The summed E-state index contributed by atoms with van der Waals surface area (Å²) in [6.07, 6.45) is 2.29. The monoisotopic (exact) mass is 275 g/mol. The van der Waals surface area contributed by atoms with Crippen LogP contribution in [0.3, 0.4) is 0 Å². The Bertz CT molecular complexity index is 607. The molecule has 8 heteroatoms. The molecular weight excluding hydrogens is 269 g/mol. The van der Waals surface area contributed by atoms with E-state index in [1.165, 1.54) is 18.3 Å². The molecule has 0 saturated heterocycles. The minimum atomic E-state index is -3.88. The van der Waals surface area contributed by atoms with Gasteiger partial charge in [-0.05, 0) is 12.1 Å². The third kappa shape index (κ3) is 2.40. The van der Waals surface area contributed by atoms with Crippen LogP contribution < -0.4 is 4.72 Å². The van der Waals surface area contributed by atoms with Gasteiger partial charge >= 0.3 is 0 Å². The van der Waals surface area contributed by atoms with Gasteiger partial charge in [0.05, 0.1) is 11.2 Å². The second-order valence-electron chi connectivity index (χ2n) is 3.14. The minimum Gasteiger partial charge on any atom is -0.284 e. The summed E-state index contributed by atoms with van der Waals surface area (Å²) in [4.78, 5) is -0.100. The van der Waals surface area contributed by atoms with Crippen LogP contribution in [-0.2, 0) is 10.0 Å². The first kappa shape index (κ1) is 11.9. The lowest BCUT2D eigenvalue weighted by molar-refractivity contribution is 0.598. The molecular formula is C9H7ClFN3O2S. The molecule has 0 saturated carbocycles. The van der Waals surface area contributed by atoms with Crippen LogP contribution in [0.25, 0.3) is 0 Å². The van der Waals surface area contributed by atoms with E-state index >= 15 is 0 Å². The Morgan fingerprint density at radius 2 is 2.18 bits per heavy atom. The first-order valence-electron chi connectivity index (χ1n) is 4.46. The number of aromatic amines is 1. The minimum absolute atomic E-state index is 0.0166. The summed E-state index contributed by atoms with van der Waals surface area (Å²) in [6.45, 7) is 0. The van der Waals surface area contributed by atoms with Gasteiger partial charge in [0.2, 0.25) is 0 Å². The molecule has 1 heterocycles. The van der Waals surface area contributed by atoms with Gasteiger partial charge in [-0.3, -0.25) is 9.82 Å². The molecule has 0 spiro atoms. The second kappa shape index (κ2) is 4.34. The van der Waals surface area contributed by atoms with Gasteiger partial charge in [0.15, 0.2) is 0 Å². The number of anilines is 1. The lowest BCUT2D eigenvalue weighted by atomic mass is 10.3. The number of benzene rings is 1. The molecule has 0 radical (unpaired) electrons. The Morgan fingerprint density at radius 3 is 2.76 bits per heavy atom. The molecule has 0 bridgehead atoms. The second-order valence-corrected chi connectivity index (χ2v) is 5.23. The maximum Gasteiger partial charge on any atom is 0.265 e. The van der Waals surface area contributed by atoms with Crippen LogP contribution >= 0.6 is 11.6 Å². The number of para-hydroxylation sites is 1. The van der Waals surface area contributed by atoms with Crippen LogP contribution in [0.1, 0.15) is 0 Å². The fraction of sp³-hybridized carbons (Fsp3) is 0. The predicted molar refractivity (Wildman–Crippen MR) is 60.8 cm³/mol. The number of nitrogens with zero attached hydrogens (tertiary/aromatic N) is 1. The van der Waals surface area contributed by atoms with Gasteiger partial charge in [0.25, 0.3) is 10.0 Å². The molecule has 5 nitrogen and oxygen atoms in total. The number of H-pyrrole nitrogens is 1. The molecule has 2 rings (SSSR count). The normalized spacial score (nSPS) is 11.4. The molecule has 0 fully saturated rings. The van der Waals surface area contributed by atoms with Gasteiger partial charge < -0.3 is 0 Å². The van der Waals surface area contributed by atoms with Crippen molar-refractivity contribution in [1.82, 2.24) is 10.2 Å². The van der Waals surface area contributed by atoms with Crippen molar-refractivity contribution in [2.45, 2.75) is 4.90 Å². The van der Waals surface area contributed by atoms with E-state index in [0.717, 1.165) is 12.3 Å². The number of hydrogen-bond donors (Lipinski definition) is 2.